The Balaban J connectivity index is 1.90. The smallest absolute Gasteiger partial charge is 0.261 e. The zero-order valence-corrected chi connectivity index (χ0v) is 21.2. The van der Waals surface area contributed by atoms with Crippen LogP contribution in [0.3, 0.4) is 0 Å². The number of ether oxygens (including phenoxy) is 1. The molecule has 1 aliphatic rings. The molecule has 180 valence electrons. The number of hydrogen-bond acceptors (Lipinski definition) is 5. The highest BCUT2D eigenvalue weighted by Crippen LogP contribution is 2.33. The van der Waals surface area contributed by atoms with Crippen LogP contribution in [-0.4, -0.2) is 47.0 Å². The Kier molecular flexibility index (Phi) is 7.26. The van der Waals surface area contributed by atoms with E-state index in [1.807, 2.05) is 56.8 Å². The molecule has 2 aromatic rings. The maximum atomic E-state index is 13.2. The molecule has 2 aromatic carbocycles. The Hall–Kier alpha value is -2.74. The summed E-state index contributed by atoms with van der Waals surface area (Å²) in [5, 5.41) is 0. The zero-order chi connectivity index (χ0) is 24.4. The highest BCUT2D eigenvalue weighted by atomic mass is 32.2. The average Bonchev–Trinajstić information content (AvgIpc) is 3.56. The molecular formula is C25H35N3O4S. The van der Waals surface area contributed by atoms with Crippen LogP contribution in [0.2, 0.25) is 0 Å². The van der Waals surface area contributed by atoms with Gasteiger partial charge in [-0.05, 0) is 66.8 Å². The number of nitrogens with one attached hydrogen (secondary N) is 1. The molecule has 0 bridgehead atoms. The third-order valence-electron chi connectivity index (χ3n) is 5.65. The summed E-state index contributed by atoms with van der Waals surface area (Å²) < 4.78 is 33.6. The molecule has 3 rings (SSSR count). The molecule has 0 saturated heterocycles. The van der Waals surface area contributed by atoms with Gasteiger partial charge in [0.1, 0.15) is 5.75 Å². The number of methoxy groups -OCH3 is 1. The van der Waals surface area contributed by atoms with Crippen molar-refractivity contribution < 1.29 is 17.9 Å². The predicted molar refractivity (Wildman–Crippen MR) is 132 cm³/mol. The van der Waals surface area contributed by atoms with Crippen LogP contribution in [0.25, 0.3) is 0 Å². The molecule has 0 radical (unpaired) electrons. The molecular weight excluding hydrogens is 438 g/mol. The van der Waals surface area contributed by atoms with Crippen molar-refractivity contribution in [3.63, 3.8) is 0 Å². The minimum atomic E-state index is -3.76. The summed E-state index contributed by atoms with van der Waals surface area (Å²) in [6.07, 6.45) is 2.30. The molecule has 33 heavy (non-hydrogen) atoms. The summed E-state index contributed by atoms with van der Waals surface area (Å²) >= 11 is 0. The van der Waals surface area contributed by atoms with E-state index in [9.17, 15) is 13.2 Å². The summed E-state index contributed by atoms with van der Waals surface area (Å²) in [5.41, 5.74) is 1.82. The fourth-order valence-corrected chi connectivity index (χ4v) is 4.74. The van der Waals surface area contributed by atoms with E-state index in [1.165, 1.54) is 19.2 Å². The van der Waals surface area contributed by atoms with Gasteiger partial charge >= 0.3 is 0 Å². The molecule has 1 N–H and O–H groups in total. The number of sulfonamides is 1. The highest BCUT2D eigenvalue weighted by molar-refractivity contribution is 7.92. The number of nitrogens with zero attached hydrogens (tertiary/aromatic N) is 2. The maximum Gasteiger partial charge on any atom is 0.261 e. The van der Waals surface area contributed by atoms with Gasteiger partial charge in [0, 0.05) is 44.0 Å². The lowest BCUT2D eigenvalue weighted by Crippen LogP contribution is -2.40. The van der Waals surface area contributed by atoms with Gasteiger partial charge in [-0.15, -0.1) is 0 Å². The molecule has 0 unspecified atom stereocenters. The van der Waals surface area contributed by atoms with Crippen LogP contribution < -0.4 is 14.4 Å². The summed E-state index contributed by atoms with van der Waals surface area (Å²) in [5.74, 6) is 1.24. The van der Waals surface area contributed by atoms with E-state index in [4.69, 9.17) is 4.74 Å². The van der Waals surface area contributed by atoms with Crippen LogP contribution in [-0.2, 0) is 21.4 Å². The van der Waals surface area contributed by atoms with Gasteiger partial charge in [0.05, 0.1) is 12.0 Å². The molecule has 1 aliphatic carbocycles. The first-order chi connectivity index (χ1) is 15.4. The van der Waals surface area contributed by atoms with Crippen LogP contribution in [0.1, 0.15) is 39.2 Å². The summed E-state index contributed by atoms with van der Waals surface area (Å²) in [7, 11) is 1.65. The van der Waals surface area contributed by atoms with Crippen molar-refractivity contribution in [2.75, 3.05) is 37.4 Å². The fourth-order valence-electron chi connectivity index (χ4n) is 3.69. The molecule has 0 aliphatic heterocycles. The van der Waals surface area contributed by atoms with Gasteiger partial charge in [0.2, 0.25) is 5.91 Å². The van der Waals surface area contributed by atoms with Crippen molar-refractivity contribution in [2.45, 2.75) is 45.1 Å². The van der Waals surface area contributed by atoms with E-state index in [-0.39, 0.29) is 10.8 Å². The van der Waals surface area contributed by atoms with Gasteiger partial charge in [-0.1, -0.05) is 20.8 Å². The first kappa shape index (κ1) is 24.9. The van der Waals surface area contributed by atoms with Crippen molar-refractivity contribution in [3.8, 4) is 5.75 Å². The fraction of sp³-hybridized carbons (Fsp3) is 0.480. The molecule has 1 fully saturated rings. The van der Waals surface area contributed by atoms with Crippen molar-refractivity contribution >= 4 is 27.3 Å². The van der Waals surface area contributed by atoms with Crippen LogP contribution in [0.5, 0.6) is 5.75 Å². The Morgan fingerprint density at radius 3 is 2.24 bits per heavy atom. The molecule has 0 aromatic heterocycles. The van der Waals surface area contributed by atoms with Gasteiger partial charge < -0.3 is 14.5 Å². The number of anilines is 2. The van der Waals surface area contributed by atoms with E-state index < -0.39 is 15.4 Å². The predicted octanol–water partition coefficient (Wildman–Crippen LogP) is 4.35. The Morgan fingerprint density at radius 2 is 1.73 bits per heavy atom. The van der Waals surface area contributed by atoms with Gasteiger partial charge in [-0.25, -0.2) is 8.42 Å². The number of carbonyl (C=O) groups excluding carboxylic acids is 1. The molecule has 8 heteroatoms. The molecule has 0 heterocycles. The molecule has 0 atom stereocenters. The standard InChI is InChI=1S/C25H35N3O4S/c1-25(2,3)24(29)28(16-18-7-8-18)17-19-15-20(9-14-23(19)27(4)5)26-33(30,31)22-12-10-21(32-6)11-13-22/h9-15,18,26H,7-8,16-17H2,1-6H3. The van der Waals surface area contributed by atoms with E-state index in [2.05, 4.69) is 4.72 Å². The maximum absolute atomic E-state index is 13.2. The lowest BCUT2D eigenvalue weighted by molar-refractivity contribution is -0.140. The lowest BCUT2D eigenvalue weighted by atomic mass is 9.94. The van der Waals surface area contributed by atoms with E-state index >= 15 is 0 Å². The van der Waals surface area contributed by atoms with Crippen molar-refractivity contribution in [1.82, 2.24) is 4.90 Å². The van der Waals surface area contributed by atoms with E-state index in [0.29, 0.717) is 23.9 Å². The SMILES string of the molecule is COc1ccc(S(=O)(=O)Nc2ccc(N(C)C)c(CN(CC3CC3)C(=O)C(C)(C)C)c2)cc1. The van der Waals surface area contributed by atoms with Crippen molar-refractivity contribution in [2.24, 2.45) is 11.3 Å². The van der Waals surface area contributed by atoms with E-state index in [1.54, 1.807) is 18.2 Å². The second-order valence-corrected chi connectivity index (χ2v) is 11.6. The normalized spacial score (nSPS) is 14.0. The quantitative estimate of drug-likeness (QED) is 0.586. The average molecular weight is 474 g/mol. The van der Waals surface area contributed by atoms with Crippen molar-refractivity contribution in [3.05, 3.63) is 48.0 Å². The van der Waals surface area contributed by atoms with Gasteiger partial charge in [-0.3, -0.25) is 9.52 Å². The van der Waals surface area contributed by atoms with Crippen LogP contribution in [0.15, 0.2) is 47.4 Å². The van der Waals surface area contributed by atoms with Crippen molar-refractivity contribution in [1.29, 1.82) is 0 Å². The second kappa shape index (κ2) is 9.63. The largest absolute Gasteiger partial charge is 0.497 e. The highest BCUT2D eigenvalue weighted by Gasteiger charge is 2.32. The molecule has 1 amide bonds. The van der Waals surface area contributed by atoms with Gasteiger partial charge in [0.15, 0.2) is 0 Å². The summed E-state index contributed by atoms with van der Waals surface area (Å²) in [6, 6.07) is 11.7. The Morgan fingerprint density at radius 1 is 1.09 bits per heavy atom. The Bertz CT molecular complexity index is 1090. The minimum absolute atomic E-state index is 0.100. The number of hydrogen-bond donors (Lipinski definition) is 1. The number of rotatable bonds is 9. The topological polar surface area (TPSA) is 79.0 Å². The van der Waals surface area contributed by atoms with Crippen LogP contribution in [0.4, 0.5) is 11.4 Å². The van der Waals surface area contributed by atoms with E-state index in [0.717, 1.165) is 30.6 Å². The number of amides is 1. The number of benzene rings is 2. The molecule has 0 spiro atoms. The lowest BCUT2D eigenvalue weighted by Gasteiger charge is -2.31. The number of carbonyl (C=O) groups is 1. The molecule has 7 nitrogen and oxygen atoms in total. The third kappa shape index (κ3) is 6.41. The summed E-state index contributed by atoms with van der Waals surface area (Å²) in [6.45, 7) is 6.95. The first-order valence-electron chi connectivity index (χ1n) is 11.2. The zero-order valence-electron chi connectivity index (χ0n) is 20.4. The van der Waals surface area contributed by atoms with Gasteiger partial charge in [-0.2, -0.15) is 0 Å². The molecule has 1 saturated carbocycles. The van der Waals surface area contributed by atoms with Crippen LogP contribution >= 0.6 is 0 Å². The monoisotopic (exact) mass is 473 g/mol. The van der Waals surface area contributed by atoms with Gasteiger partial charge in [0.25, 0.3) is 10.0 Å². The third-order valence-corrected chi connectivity index (χ3v) is 7.05. The Labute approximate surface area is 197 Å². The first-order valence-corrected chi connectivity index (χ1v) is 12.7. The van der Waals surface area contributed by atoms with Crippen LogP contribution in [0, 0.1) is 11.3 Å². The summed E-state index contributed by atoms with van der Waals surface area (Å²) in [4.78, 5) is 17.2. The minimum Gasteiger partial charge on any atom is -0.497 e. The second-order valence-electron chi connectivity index (χ2n) is 9.90.